The van der Waals surface area contributed by atoms with Gasteiger partial charge in [0.25, 0.3) is 5.91 Å². The lowest BCUT2D eigenvalue weighted by Crippen LogP contribution is -2.49. The van der Waals surface area contributed by atoms with Crippen molar-refractivity contribution >= 4 is 5.91 Å². The van der Waals surface area contributed by atoms with Gasteiger partial charge < -0.3 is 14.7 Å². The number of benzene rings is 2. The molecule has 1 aliphatic heterocycles. The van der Waals surface area contributed by atoms with Crippen LogP contribution in [-0.4, -0.2) is 35.2 Å². The van der Waals surface area contributed by atoms with Crippen molar-refractivity contribution in [3.63, 3.8) is 0 Å². The number of carbonyl (C=O) groups excluding carboxylic acids is 1. The summed E-state index contributed by atoms with van der Waals surface area (Å²) in [5.74, 6) is -0.734. The van der Waals surface area contributed by atoms with E-state index in [-0.39, 0.29) is 5.91 Å². The molecule has 0 bridgehead atoms. The third kappa shape index (κ3) is 3.57. The summed E-state index contributed by atoms with van der Waals surface area (Å²) in [7, 11) is 0. The zero-order chi connectivity index (χ0) is 16.2. The molecule has 0 spiro atoms. The Morgan fingerprint density at radius 3 is 2.74 bits per heavy atom. The zero-order valence-electron chi connectivity index (χ0n) is 12.6. The highest BCUT2D eigenvalue weighted by Crippen LogP contribution is 2.24. The number of rotatable bonds is 4. The fraction of sp³-hybridized carbons (Fsp3) is 0.278. The van der Waals surface area contributed by atoms with Crippen molar-refractivity contribution in [3.05, 3.63) is 71.5 Å². The van der Waals surface area contributed by atoms with E-state index >= 15 is 0 Å². The van der Waals surface area contributed by atoms with Crippen molar-refractivity contribution in [1.29, 1.82) is 0 Å². The number of morpholine rings is 1. The van der Waals surface area contributed by atoms with E-state index in [9.17, 15) is 14.3 Å². The summed E-state index contributed by atoms with van der Waals surface area (Å²) in [4.78, 5) is 14.2. The second-order valence-electron chi connectivity index (χ2n) is 5.54. The minimum absolute atomic E-state index is 0.281. The van der Waals surface area contributed by atoms with Crippen molar-refractivity contribution in [2.75, 3.05) is 13.2 Å². The summed E-state index contributed by atoms with van der Waals surface area (Å²) >= 11 is 0. The predicted octanol–water partition coefficient (Wildman–Crippen LogP) is 2.29. The lowest BCUT2D eigenvalue weighted by atomic mass is 10.0. The third-order valence-corrected chi connectivity index (χ3v) is 3.91. The number of amides is 1. The number of aliphatic hydroxyl groups is 1. The molecule has 0 saturated carbocycles. The fourth-order valence-corrected chi connectivity index (χ4v) is 2.70. The fourth-order valence-electron chi connectivity index (χ4n) is 2.70. The van der Waals surface area contributed by atoms with Gasteiger partial charge in [0.2, 0.25) is 0 Å². The minimum atomic E-state index is -1.18. The van der Waals surface area contributed by atoms with Gasteiger partial charge in [-0.3, -0.25) is 4.79 Å². The van der Waals surface area contributed by atoms with Crippen LogP contribution in [0.1, 0.15) is 17.2 Å². The van der Waals surface area contributed by atoms with Crippen molar-refractivity contribution < 1.29 is 19.0 Å². The molecule has 1 amide bonds. The SMILES string of the molecule is O=C1[C@H]([C@@H](O)c2cccc(F)c2)OCCN1Cc1ccccc1. The van der Waals surface area contributed by atoms with Crippen LogP contribution in [0.25, 0.3) is 0 Å². The maximum absolute atomic E-state index is 13.3. The highest BCUT2D eigenvalue weighted by Gasteiger charge is 2.35. The van der Waals surface area contributed by atoms with Crippen molar-refractivity contribution in [1.82, 2.24) is 4.90 Å². The number of hydrogen-bond donors (Lipinski definition) is 1. The van der Waals surface area contributed by atoms with Crippen molar-refractivity contribution in [2.24, 2.45) is 0 Å². The summed E-state index contributed by atoms with van der Waals surface area (Å²) in [6.07, 6.45) is -2.19. The maximum atomic E-state index is 13.3. The number of nitrogens with zero attached hydrogens (tertiary/aromatic N) is 1. The number of carbonyl (C=O) groups is 1. The molecule has 4 nitrogen and oxygen atoms in total. The van der Waals surface area contributed by atoms with E-state index in [0.717, 1.165) is 5.56 Å². The van der Waals surface area contributed by atoms with Gasteiger partial charge in [-0.15, -0.1) is 0 Å². The quantitative estimate of drug-likeness (QED) is 0.942. The second kappa shape index (κ2) is 6.89. The van der Waals surface area contributed by atoms with Crippen LogP contribution < -0.4 is 0 Å². The number of hydrogen-bond acceptors (Lipinski definition) is 3. The van der Waals surface area contributed by atoms with Crippen LogP contribution in [0.3, 0.4) is 0 Å². The Morgan fingerprint density at radius 1 is 1.22 bits per heavy atom. The monoisotopic (exact) mass is 315 g/mol. The van der Waals surface area contributed by atoms with Gasteiger partial charge in [0.05, 0.1) is 6.61 Å². The Hall–Kier alpha value is -2.24. The van der Waals surface area contributed by atoms with Crippen LogP contribution in [0.15, 0.2) is 54.6 Å². The normalized spacial score (nSPS) is 19.7. The smallest absolute Gasteiger partial charge is 0.255 e. The largest absolute Gasteiger partial charge is 0.385 e. The molecule has 3 rings (SSSR count). The first-order valence-corrected chi connectivity index (χ1v) is 7.53. The first-order chi connectivity index (χ1) is 11.1. The summed E-state index contributed by atoms with van der Waals surface area (Å²) in [6.45, 7) is 1.28. The van der Waals surface area contributed by atoms with Crippen molar-refractivity contribution in [3.8, 4) is 0 Å². The van der Waals surface area contributed by atoms with Gasteiger partial charge in [-0.1, -0.05) is 42.5 Å². The summed E-state index contributed by atoms with van der Waals surface area (Å²) < 4.78 is 18.8. The van der Waals surface area contributed by atoms with E-state index < -0.39 is 18.0 Å². The molecule has 0 radical (unpaired) electrons. The molecule has 0 unspecified atom stereocenters. The molecule has 5 heteroatoms. The third-order valence-electron chi connectivity index (χ3n) is 3.91. The Morgan fingerprint density at radius 2 is 2.00 bits per heavy atom. The summed E-state index contributed by atoms with van der Waals surface area (Å²) in [6, 6.07) is 15.2. The molecule has 0 aliphatic carbocycles. The number of ether oxygens (including phenoxy) is 1. The molecule has 2 aromatic carbocycles. The predicted molar refractivity (Wildman–Crippen MR) is 83.0 cm³/mol. The van der Waals surface area contributed by atoms with Gasteiger partial charge in [-0.2, -0.15) is 0 Å². The number of aliphatic hydroxyl groups excluding tert-OH is 1. The highest BCUT2D eigenvalue weighted by atomic mass is 19.1. The Bertz CT molecular complexity index is 677. The molecule has 2 atom stereocenters. The van der Waals surface area contributed by atoms with Crippen LogP contribution in [0.5, 0.6) is 0 Å². The summed E-state index contributed by atoms with van der Waals surface area (Å²) in [5, 5.41) is 10.4. The molecule has 1 heterocycles. The zero-order valence-corrected chi connectivity index (χ0v) is 12.6. The highest BCUT2D eigenvalue weighted by molar-refractivity contribution is 5.82. The van der Waals surface area contributed by atoms with Crippen molar-refractivity contribution in [2.45, 2.75) is 18.8 Å². The van der Waals surface area contributed by atoms with E-state index in [1.54, 1.807) is 11.0 Å². The molecular weight excluding hydrogens is 297 g/mol. The molecule has 1 fully saturated rings. The van der Waals surface area contributed by atoms with Crippen LogP contribution in [0.2, 0.25) is 0 Å². The van der Waals surface area contributed by atoms with E-state index in [1.807, 2.05) is 30.3 Å². The van der Waals surface area contributed by atoms with Crippen LogP contribution in [-0.2, 0) is 16.1 Å². The average Bonchev–Trinajstić information content (AvgIpc) is 2.57. The lowest BCUT2D eigenvalue weighted by molar-refractivity contribution is -0.164. The second-order valence-corrected chi connectivity index (χ2v) is 5.54. The topological polar surface area (TPSA) is 49.8 Å². The van der Waals surface area contributed by atoms with E-state index in [4.69, 9.17) is 4.74 Å². The average molecular weight is 315 g/mol. The first kappa shape index (κ1) is 15.6. The van der Waals surface area contributed by atoms with E-state index in [2.05, 4.69) is 0 Å². The van der Waals surface area contributed by atoms with Gasteiger partial charge in [0.15, 0.2) is 6.10 Å². The van der Waals surface area contributed by atoms with E-state index in [0.29, 0.717) is 25.3 Å². The molecule has 23 heavy (non-hydrogen) atoms. The first-order valence-electron chi connectivity index (χ1n) is 7.53. The maximum Gasteiger partial charge on any atom is 0.255 e. The molecule has 2 aromatic rings. The Balaban J connectivity index is 1.74. The van der Waals surface area contributed by atoms with E-state index in [1.165, 1.54) is 18.2 Å². The molecule has 1 saturated heterocycles. The van der Waals surface area contributed by atoms with Crippen LogP contribution >= 0.6 is 0 Å². The molecule has 1 aliphatic rings. The van der Waals surface area contributed by atoms with Gasteiger partial charge in [-0.05, 0) is 23.3 Å². The van der Waals surface area contributed by atoms with Gasteiger partial charge in [0, 0.05) is 13.1 Å². The van der Waals surface area contributed by atoms with Gasteiger partial charge in [0.1, 0.15) is 11.9 Å². The minimum Gasteiger partial charge on any atom is -0.385 e. The van der Waals surface area contributed by atoms with Gasteiger partial charge in [-0.25, -0.2) is 4.39 Å². The lowest BCUT2D eigenvalue weighted by Gasteiger charge is -2.34. The molecule has 120 valence electrons. The Kier molecular flexibility index (Phi) is 4.69. The molecule has 1 N–H and O–H groups in total. The van der Waals surface area contributed by atoms with Crippen LogP contribution in [0, 0.1) is 5.82 Å². The molecule has 0 aromatic heterocycles. The summed E-state index contributed by atoms with van der Waals surface area (Å²) in [5.41, 5.74) is 1.35. The van der Waals surface area contributed by atoms with Crippen LogP contribution in [0.4, 0.5) is 4.39 Å². The standard InChI is InChI=1S/C18H18FNO3/c19-15-8-4-7-14(11-15)16(21)17-18(22)20(9-10-23-17)12-13-5-2-1-3-6-13/h1-8,11,16-17,21H,9-10,12H2/t16-,17-/m0/s1. The Labute approximate surface area is 134 Å². The molecular formula is C18H18FNO3. The number of halogens is 1. The van der Waals surface area contributed by atoms with Gasteiger partial charge >= 0.3 is 0 Å².